The zero-order valence-electron chi connectivity index (χ0n) is 14.6. The van der Waals surface area contributed by atoms with Gasteiger partial charge < -0.3 is 19.7 Å². The van der Waals surface area contributed by atoms with Gasteiger partial charge in [-0.2, -0.15) is 0 Å². The number of sulfone groups is 1. The van der Waals surface area contributed by atoms with Gasteiger partial charge in [0.1, 0.15) is 0 Å². The summed E-state index contributed by atoms with van der Waals surface area (Å²) in [5.41, 5.74) is 0.584. The lowest BCUT2D eigenvalue weighted by Crippen LogP contribution is -2.42. The largest absolute Gasteiger partial charge is 0.454 e. The van der Waals surface area contributed by atoms with Crippen LogP contribution in [0.2, 0.25) is 0 Å². The van der Waals surface area contributed by atoms with Crippen molar-refractivity contribution >= 4 is 21.6 Å². The summed E-state index contributed by atoms with van der Waals surface area (Å²) >= 11 is 0. The number of amides is 2. The van der Waals surface area contributed by atoms with Crippen molar-refractivity contribution in [3.63, 3.8) is 0 Å². The van der Waals surface area contributed by atoms with Gasteiger partial charge in [-0.25, -0.2) is 13.2 Å². The molecule has 0 radical (unpaired) electrons. The molecule has 142 valence electrons. The second kappa shape index (κ2) is 7.11. The molecule has 0 spiro atoms. The Hall–Kier alpha value is -2.74. The molecule has 0 aromatic heterocycles. The summed E-state index contributed by atoms with van der Waals surface area (Å²) in [6.45, 7) is 0.698. The Morgan fingerprint density at radius 2 is 1.89 bits per heavy atom. The van der Waals surface area contributed by atoms with Crippen molar-refractivity contribution in [1.29, 1.82) is 0 Å². The maximum absolute atomic E-state index is 12.7. The van der Waals surface area contributed by atoms with Crippen molar-refractivity contribution in [3.8, 4) is 11.5 Å². The third kappa shape index (κ3) is 3.71. The smallest absolute Gasteiger partial charge is 0.322 e. The third-order valence-electron chi connectivity index (χ3n) is 4.78. The fourth-order valence-electron chi connectivity index (χ4n) is 3.42. The number of nitrogens with zero attached hydrogens (tertiary/aromatic N) is 1. The first-order valence-electron chi connectivity index (χ1n) is 8.78. The number of anilines is 1. The van der Waals surface area contributed by atoms with E-state index in [0.717, 1.165) is 6.42 Å². The molecule has 1 atom stereocenters. The SMILES string of the molecule is O=C(Nc1ccc2c(c1)OCO2)N1CCC[C@@H]1CS(=O)(=O)c1ccccc1. The zero-order valence-corrected chi connectivity index (χ0v) is 15.4. The van der Waals surface area contributed by atoms with E-state index in [0.29, 0.717) is 30.2 Å². The van der Waals surface area contributed by atoms with Crippen LogP contribution in [0.4, 0.5) is 10.5 Å². The predicted molar refractivity (Wildman–Crippen MR) is 99.8 cm³/mol. The second-order valence-corrected chi connectivity index (χ2v) is 8.62. The van der Waals surface area contributed by atoms with Crippen molar-refractivity contribution in [1.82, 2.24) is 4.90 Å². The lowest BCUT2D eigenvalue weighted by atomic mass is 10.2. The number of benzene rings is 2. The van der Waals surface area contributed by atoms with E-state index in [1.807, 2.05) is 0 Å². The summed E-state index contributed by atoms with van der Waals surface area (Å²) in [7, 11) is -3.45. The fraction of sp³-hybridized carbons (Fsp3) is 0.316. The molecule has 2 aromatic carbocycles. The Morgan fingerprint density at radius 1 is 1.11 bits per heavy atom. The van der Waals surface area contributed by atoms with Gasteiger partial charge in [0.2, 0.25) is 6.79 Å². The Labute approximate surface area is 157 Å². The van der Waals surface area contributed by atoms with Crippen LogP contribution in [0, 0.1) is 0 Å². The molecule has 27 heavy (non-hydrogen) atoms. The molecular weight excluding hydrogens is 368 g/mol. The number of likely N-dealkylation sites (tertiary alicyclic amines) is 1. The molecule has 1 fully saturated rings. The van der Waals surface area contributed by atoms with Gasteiger partial charge in [-0.05, 0) is 37.1 Å². The molecule has 8 heteroatoms. The van der Waals surface area contributed by atoms with Gasteiger partial charge in [-0.15, -0.1) is 0 Å². The van der Waals surface area contributed by atoms with E-state index in [4.69, 9.17) is 9.47 Å². The quantitative estimate of drug-likeness (QED) is 0.871. The van der Waals surface area contributed by atoms with Crippen LogP contribution in [-0.2, 0) is 9.84 Å². The van der Waals surface area contributed by atoms with E-state index >= 15 is 0 Å². The summed E-state index contributed by atoms with van der Waals surface area (Å²) in [6.07, 6.45) is 1.45. The van der Waals surface area contributed by atoms with Gasteiger partial charge in [0.15, 0.2) is 21.3 Å². The van der Waals surface area contributed by atoms with Gasteiger partial charge in [-0.3, -0.25) is 0 Å². The molecule has 2 aliphatic rings. The Morgan fingerprint density at radius 3 is 2.70 bits per heavy atom. The van der Waals surface area contributed by atoms with Crippen molar-refractivity contribution in [2.24, 2.45) is 0 Å². The van der Waals surface area contributed by atoms with Crippen molar-refractivity contribution in [2.45, 2.75) is 23.8 Å². The second-order valence-electron chi connectivity index (χ2n) is 6.58. The van der Waals surface area contributed by atoms with E-state index in [9.17, 15) is 13.2 Å². The van der Waals surface area contributed by atoms with Gasteiger partial charge >= 0.3 is 6.03 Å². The first-order chi connectivity index (χ1) is 13.0. The van der Waals surface area contributed by atoms with Crippen molar-refractivity contribution < 1.29 is 22.7 Å². The van der Waals surface area contributed by atoms with Gasteiger partial charge in [0.05, 0.1) is 10.6 Å². The molecule has 7 nitrogen and oxygen atoms in total. The van der Waals surface area contributed by atoms with Crippen molar-refractivity contribution in [2.75, 3.05) is 24.4 Å². The molecule has 2 aliphatic heterocycles. The highest BCUT2D eigenvalue weighted by molar-refractivity contribution is 7.91. The summed E-state index contributed by atoms with van der Waals surface area (Å²) in [4.78, 5) is 14.6. The average Bonchev–Trinajstić information content (AvgIpc) is 3.31. The Balaban J connectivity index is 1.45. The molecule has 1 N–H and O–H groups in total. The molecule has 0 saturated carbocycles. The molecular formula is C19H20N2O5S. The highest BCUT2D eigenvalue weighted by atomic mass is 32.2. The van der Waals surface area contributed by atoms with Crippen LogP contribution in [0.15, 0.2) is 53.4 Å². The van der Waals surface area contributed by atoms with E-state index in [-0.39, 0.29) is 29.5 Å². The lowest BCUT2D eigenvalue weighted by molar-refractivity contribution is 0.174. The highest BCUT2D eigenvalue weighted by Crippen LogP contribution is 2.34. The number of hydrogen-bond donors (Lipinski definition) is 1. The lowest BCUT2D eigenvalue weighted by Gasteiger charge is -2.25. The number of carbonyl (C=O) groups is 1. The van der Waals surface area contributed by atoms with Crippen LogP contribution in [0.5, 0.6) is 11.5 Å². The molecule has 0 aliphatic carbocycles. The van der Waals surface area contributed by atoms with E-state index < -0.39 is 9.84 Å². The number of nitrogens with one attached hydrogen (secondary N) is 1. The fourth-order valence-corrected chi connectivity index (χ4v) is 5.04. The van der Waals surface area contributed by atoms with Crippen LogP contribution in [0.1, 0.15) is 12.8 Å². The summed E-state index contributed by atoms with van der Waals surface area (Å²) in [5.74, 6) is 1.14. The van der Waals surface area contributed by atoms with Crippen LogP contribution >= 0.6 is 0 Å². The monoisotopic (exact) mass is 388 g/mol. The molecule has 0 bridgehead atoms. The highest BCUT2D eigenvalue weighted by Gasteiger charge is 2.33. The molecule has 4 rings (SSSR count). The van der Waals surface area contributed by atoms with Crippen LogP contribution in [0.25, 0.3) is 0 Å². The molecule has 1 saturated heterocycles. The van der Waals surface area contributed by atoms with Gasteiger partial charge in [-0.1, -0.05) is 18.2 Å². The van der Waals surface area contributed by atoms with Crippen LogP contribution < -0.4 is 14.8 Å². The molecule has 2 amide bonds. The summed E-state index contributed by atoms with van der Waals surface area (Å²) in [5, 5.41) is 2.83. The number of hydrogen-bond acceptors (Lipinski definition) is 5. The summed E-state index contributed by atoms with van der Waals surface area (Å²) < 4.78 is 35.9. The van der Waals surface area contributed by atoms with E-state index in [1.165, 1.54) is 0 Å². The minimum Gasteiger partial charge on any atom is -0.454 e. The number of carbonyl (C=O) groups excluding carboxylic acids is 1. The Bertz CT molecular complexity index is 946. The molecule has 0 unspecified atom stereocenters. The van der Waals surface area contributed by atoms with E-state index in [1.54, 1.807) is 53.4 Å². The summed E-state index contributed by atoms with van der Waals surface area (Å²) in [6, 6.07) is 12.9. The van der Waals surface area contributed by atoms with Gasteiger partial charge in [0, 0.05) is 24.3 Å². The first kappa shape index (κ1) is 17.7. The Kier molecular flexibility index (Phi) is 4.65. The molecule has 2 aromatic rings. The topological polar surface area (TPSA) is 84.9 Å². The minimum absolute atomic E-state index is 0.0778. The van der Waals surface area contributed by atoms with Crippen LogP contribution in [-0.4, -0.2) is 44.5 Å². The normalized spacial score (nSPS) is 18.5. The predicted octanol–water partition coefficient (Wildman–Crippen LogP) is 2.89. The first-order valence-corrected chi connectivity index (χ1v) is 10.4. The zero-order chi connectivity index (χ0) is 18.9. The number of ether oxygens (including phenoxy) is 2. The number of urea groups is 1. The average molecular weight is 388 g/mol. The maximum atomic E-state index is 12.7. The standard InChI is InChI=1S/C19H20N2O5S/c22-19(20-14-8-9-17-18(11-14)26-13-25-17)21-10-4-5-15(21)12-27(23,24)16-6-2-1-3-7-16/h1-3,6-9,11,15H,4-5,10,12-13H2,(H,20,22)/t15-/m1/s1. The minimum atomic E-state index is -3.45. The number of fused-ring (bicyclic) bond motifs is 1. The molecule has 2 heterocycles. The maximum Gasteiger partial charge on any atom is 0.322 e. The van der Waals surface area contributed by atoms with E-state index in [2.05, 4.69) is 5.32 Å². The third-order valence-corrected chi connectivity index (χ3v) is 6.59. The number of rotatable bonds is 4. The van der Waals surface area contributed by atoms with Gasteiger partial charge in [0.25, 0.3) is 0 Å². The van der Waals surface area contributed by atoms with Crippen LogP contribution in [0.3, 0.4) is 0 Å². The van der Waals surface area contributed by atoms with Crippen molar-refractivity contribution in [3.05, 3.63) is 48.5 Å².